The van der Waals surface area contributed by atoms with Crippen molar-refractivity contribution < 1.29 is 40.7 Å². The number of amides is 2. The van der Waals surface area contributed by atoms with Crippen molar-refractivity contribution in [3.05, 3.63) is 53.4 Å². The molecule has 2 amide bonds. The van der Waals surface area contributed by atoms with E-state index in [-0.39, 0.29) is 17.9 Å². The summed E-state index contributed by atoms with van der Waals surface area (Å²) >= 11 is 0. The number of ether oxygens (including phenoxy) is 1. The summed E-state index contributed by atoms with van der Waals surface area (Å²) in [6, 6.07) is 2.98. The van der Waals surface area contributed by atoms with Crippen molar-refractivity contribution in [1.29, 1.82) is 0 Å². The van der Waals surface area contributed by atoms with Crippen LogP contribution in [0, 0.1) is 11.7 Å². The highest BCUT2D eigenvalue weighted by Crippen LogP contribution is 2.51. The fourth-order valence-corrected chi connectivity index (χ4v) is 4.24. The van der Waals surface area contributed by atoms with Crippen LogP contribution in [-0.4, -0.2) is 58.1 Å². The maximum absolute atomic E-state index is 15.0. The van der Waals surface area contributed by atoms with Gasteiger partial charge in [0.2, 0.25) is 5.91 Å². The Balaban J connectivity index is 1.74. The highest BCUT2D eigenvalue weighted by Gasteiger charge is 2.66. The number of guanidine groups is 1. The van der Waals surface area contributed by atoms with Crippen LogP contribution in [0.4, 0.5) is 32.0 Å². The second-order valence-corrected chi connectivity index (χ2v) is 8.00. The van der Waals surface area contributed by atoms with Crippen LogP contribution in [-0.2, 0) is 15.1 Å². The molecule has 3 unspecified atom stereocenters. The molecule has 0 bridgehead atoms. The molecule has 2 aliphatic rings. The van der Waals surface area contributed by atoms with E-state index >= 15 is 4.39 Å². The van der Waals surface area contributed by atoms with E-state index in [1.54, 1.807) is 0 Å². The summed E-state index contributed by atoms with van der Waals surface area (Å²) in [6.45, 7) is 0.606. The summed E-state index contributed by atoms with van der Waals surface area (Å²) in [7, 11) is 0. The highest BCUT2D eigenvalue weighted by atomic mass is 19.4. The second kappa shape index (κ2) is 9.04. The van der Waals surface area contributed by atoms with Gasteiger partial charge in [-0.3, -0.25) is 19.5 Å². The van der Waals surface area contributed by atoms with Crippen LogP contribution in [0.5, 0.6) is 0 Å². The van der Waals surface area contributed by atoms with Crippen LogP contribution >= 0.6 is 0 Å². The number of nitrogens with two attached hydrogens (primary N) is 1. The molecule has 36 heavy (non-hydrogen) atoms. The van der Waals surface area contributed by atoms with Gasteiger partial charge in [-0.15, -0.1) is 0 Å². The number of aliphatic imine (C=N–C) groups is 1. The maximum atomic E-state index is 15.0. The van der Waals surface area contributed by atoms with E-state index in [9.17, 15) is 31.5 Å². The zero-order valence-electron chi connectivity index (χ0n) is 18.4. The van der Waals surface area contributed by atoms with Gasteiger partial charge in [0.1, 0.15) is 28.7 Å². The van der Waals surface area contributed by atoms with E-state index in [2.05, 4.69) is 20.3 Å². The minimum absolute atomic E-state index is 0.0741. The van der Waals surface area contributed by atoms with Crippen molar-refractivity contribution in [2.45, 2.75) is 31.2 Å². The first-order chi connectivity index (χ1) is 16.9. The molecule has 15 heteroatoms. The predicted octanol–water partition coefficient (Wildman–Crippen LogP) is 2.75. The Hall–Kier alpha value is -3.75. The number of halogens is 6. The average molecular weight is 516 g/mol. The average Bonchev–Trinajstić information content (AvgIpc) is 3.21. The number of nitrogens with one attached hydrogen (secondary N) is 1. The Labute approximate surface area is 199 Å². The lowest BCUT2D eigenvalue weighted by atomic mass is 9.75. The Bertz CT molecular complexity index is 1220. The van der Waals surface area contributed by atoms with Crippen molar-refractivity contribution in [3.63, 3.8) is 0 Å². The van der Waals surface area contributed by atoms with Gasteiger partial charge in [0.25, 0.3) is 12.3 Å². The topological polar surface area (TPSA) is 123 Å². The van der Waals surface area contributed by atoms with Gasteiger partial charge in [0, 0.05) is 17.8 Å². The van der Waals surface area contributed by atoms with E-state index in [1.807, 2.05) is 0 Å². The molecule has 9 nitrogen and oxygen atoms in total. The number of carbonyl (C=O) groups excluding carboxylic acids is 2. The van der Waals surface area contributed by atoms with E-state index in [4.69, 9.17) is 10.5 Å². The smallest absolute Gasteiger partial charge is 0.369 e. The molecule has 0 radical (unpaired) electrons. The van der Waals surface area contributed by atoms with Gasteiger partial charge < -0.3 is 15.8 Å². The molecular formula is C21H18F6N6O3. The van der Waals surface area contributed by atoms with Crippen molar-refractivity contribution in [2.24, 2.45) is 16.6 Å². The number of hydrogen-bond donors (Lipinski definition) is 2. The minimum Gasteiger partial charge on any atom is -0.369 e. The summed E-state index contributed by atoms with van der Waals surface area (Å²) in [5, 5.41) is 2.34. The first-order valence-corrected chi connectivity index (χ1v) is 10.5. The zero-order chi connectivity index (χ0) is 26.4. The molecular weight excluding hydrogens is 498 g/mol. The number of hydrogen-bond acceptors (Lipinski definition) is 7. The predicted molar refractivity (Wildman–Crippen MR) is 111 cm³/mol. The van der Waals surface area contributed by atoms with Crippen molar-refractivity contribution in [1.82, 2.24) is 14.9 Å². The number of rotatable bonds is 5. The van der Waals surface area contributed by atoms with Gasteiger partial charge in [-0.1, -0.05) is 0 Å². The lowest BCUT2D eigenvalue weighted by molar-refractivity contribution is -0.218. The number of fused-ring (bicyclic) bond motifs is 1. The number of carbonyl (C=O) groups is 2. The molecule has 0 spiro atoms. The van der Waals surface area contributed by atoms with Crippen LogP contribution in [0.15, 0.2) is 35.6 Å². The molecule has 3 heterocycles. The van der Waals surface area contributed by atoms with Crippen LogP contribution in [0.1, 0.15) is 35.1 Å². The first kappa shape index (κ1) is 25.3. The van der Waals surface area contributed by atoms with Gasteiger partial charge in [0.15, 0.2) is 12.1 Å². The quantitative estimate of drug-likeness (QED) is 0.590. The molecule has 192 valence electrons. The Morgan fingerprint density at radius 3 is 2.61 bits per heavy atom. The molecule has 4 rings (SSSR count). The van der Waals surface area contributed by atoms with Crippen LogP contribution in [0.3, 0.4) is 0 Å². The normalized spacial score (nSPS) is 24.1. The monoisotopic (exact) mass is 516 g/mol. The van der Waals surface area contributed by atoms with Crippen molar-refractivity contribution in [2.75, 3.05) is 18.5 Å². The molecule has 1 aromatic carbocycles. The van der Waals surface area contributed by atoms with Crippen LogP contribution < -0.4 is 11.1 Å². The Morgan fingerprint density at radius 2 is 2.03 bits per heavy atom. The molecule has 1 aromatic heterocycles. The lowest BCUT2D eigenvalue weighted by Crippen LogP contribution is -2.58. The van der Waals surface area contributed by atoms with Crippen molar-refractivity contribution >= 4 is 23.5 Å². The molecule has 1 fully saturated rings. The van der Waals surface area contributed by atoms with Crippen LogP contribution in [0.2, 0.25) is 0 Å². The SMILES string of the molecule is CCN1C(=O)C2C(C(F)(F)F)OCC2(c2cc(NC(=O)c3cnc(C(F)F)cn3)ccc2F)N=C1N. The van der Waals surface area contributed by atoms with E-state index in [1.165, 1.54) is 6.92 Å². The van der Waals surface area contributed by atoms with Gasteiger partial charge in [0.05, 0.1) is 19.0 Å². The molecule has 1 saturated heterocycles. The highest BCUT2D eigenvalue weighted by molar-refractivity contribution is 6.03. The fraction of sp³-hybridized carbons (Fsp3) is 0.381. The van der Waals surface area contributed by atoms with Gasteiger partial charge in [-0.05, 0) is 25.1 Å². The maximum Gasteiger partial charge on any atom is 0.415 e. The van der Waals surface area contributed by atoms with Gasteiger partial charge in [-0.2, -0.15) is 13.2 Å². The molecule has 2 aromatic rings. The van der Waals surface area contributed by atoms with E-state index in [0.29, 0.717) is 6.20 Å². The number of nitrogens with zero attached hydrogens (tertiary/aromatic N) is 4. The third kappa shape index (κ3) is 4.23. The summed E-state index contributed by atoms with van der Waals surface area (Å²) in [5.74, 6) is -5.34. The minimum atomic E-state index is -4.96. The van der Waals surface area contributed by atoms with Crippen LogP contribution in [0.25, 0.3) is 0 Å². The van der Waals surface area contributed by atoms with Gasteiger partial charge >= 0.3 is 6.18 Å². The number of aromatic nitrogens is 2. The Kier molecular flexibility index (Phi) is 6.36. The largest absolute Gasteiger partial charge is 0.415 e. The zero-order valence-corrected chi connectivity index (χ0v) is 18.4. The number of benzene rings is 1. The second-order valence-electron chi connectivity index (χ2n) is 8.00. The Morgan fingerprint density at radius 1 is 1.31 bits per heavy atom. The van der Waals surface area contributed by atoms with Gasteiger partial charge in [-0.25, -0.2) is 23.1 Å². The third-order valence-corrected chi connectivity index (χ3v) is 5.88. The molecule has 3 atom stereocenters. The van der Waals surface area contributed by atoms with Crippen molar-refractivity contribution in [3.8, 4) is 0 Å². The number of alkyl halides is 5. The summed E-state index contributed by atoms with van der Waals surface area (Å²) in [4.78, 5) is 37.5. The summed E-state index contributed by atoms with van der Waals surface area (Å²) in [5.41, 5.74) is 2.14. The van der Waals surface area contributed by atoms with E-state index in [0.717, 1.165) is 29.3 Å². The van der Waals surface area contributed by atoms with E-state index < -0.39 is 71.6 Å². The fourth-order valence-electron chi connectivity index (χ4n) is 4.24. The first-order valence-electron chi connectivity index (χ1n) is 10.5. The lowest BCUT2D eigenvalue weighted by Gasteiger charge is -2.40. The molecule has 0 aliphatic carbocycles. The standard InChI is InChI=1S/C21H18F6N6O3/c1-2-33-18(35)14-15(21(25,26)27)36-8-20(14,32-19(33)28)10-5-9(3-4-11(10)22)31-17(34)13-7-29-12(6-30-13)16(23)24/h3-7,14-16H,2,8H2,1H3,(H2,28,32)(H,31,34). The number of anilines is 1. The summed E-state index contributed by atoms with van der Waals surface area (Å²) < 4.78 is 86.5. The third-order valence-electron chi connectivity index (χ3n) is 5.88. The molecule has 2 aliphatic heterocycles. The molecule has 0 saturated carbocycles. The summed E-state index contributed by atoms with van der Waals surface area (Å²) in [6.07, 6.45) is -8.92. The molecule has 3 N–H and O–H groups in total.